The molecule has 8 heteroatoms. The number of rotatable bonds is 2. The number of halogens is 4. The van der Waals surface area contributed by atoms with Gasteiger partial charge in [-0.25, -0.2) is 4.68 Å². The van der Waals surface area contributed by atoms with Gasteiger partial charge < -0.3 is 0 Å². The fourth-order valence-corrected chi connectivity index (χ4v) is 4.01. The molecule has 2 heterocycles. The summed E-state index contributed by atoms with van der Waals surface area (Å²) < 4.78 is 42.9. The van der Waals surface area contributed by atoms with Gasteiger partial charge in [0.2, 0.25) is 0 Å². The number of carbonyl (C=O) groups excluding carboxylic acids is 1. The summed E-state index contributed by atoms with van der Waals surface area (Å²) in [5, 5.41) is 4.21. The van der Waals surface area contributed by atoms with Crippen LogP contribution in [0.5, 0.6) is 0 Å². The second-order valence-corrected chi connectivity index (χ2v) is 6.91. The standard InChI is InChI=1S/C14H8F3IN2OS/c1-7-5-10-12(22-7)13(18)19-20(10)9-4-2-3-8(6-21)11(9)14(15,16)17/h2-6H,1H3. The van der Waals surface area contributed by atoms with Crippen molar-refractivity contribution in [1.29, 1.82) is 0 Å². The van der Waals surface area contributed by atoms with Crippen LogP contribution in [0.25, 0.3) is 15.9 Å². The van der Waals surface area contributed by atoms with Crippen molar-refractivity contribution in [3.63, 3.8) is 0 Å². The molecule has 0 aliphatic rings. The van der Waals surface area contributed by atoms with Gasteiger partial charge in [0, 0.05) is 10.4 Å². The third-order valence-corrected chi connectivity index (χ3v) is 5.32. The number of carbonyl (C=O) groups is 1. The minimum Gasteiger partial charge on any atom is -0.298 e. The van der Waals surface area contributed by atoms with Gasteiger partial charge in [0.15, 0.2) is 6.29 Å². The maximum absolute atomic E-state index is 13.4. The van der Waals surface area contributed by atoms with Crippen molar-refractivity contribution in [1.82, 2.24) is 9.78 Å². The van der Waals surface area contributed by atoms with E-state index in [2.05, 4.69) is 5.10 Å². The van der Waals surface area contributed by atoms with Crippen molar-refractivity contribution in [3.05, 3.63) is 44.0 Å². The second kappa shape index (κ2) is 5.34. The van der Waals surface area contributed by atoms with Crippen molar-refractivity contribution < 1.29 is 18.0 Å². The number of aldehydes is 1. The van der Waals surface area contributed by atoms with Crippen molar-refractivity contribution in [2.24, 2.45) is 0 Å². The number of fused-ring (bicyclic) bond motifs is 1. The summed E-state index contributed by atoms with van der Waals surface area (Å²) in [6.45, 7) is 1.89. The number of hydrogen-bond donors (Lipinski definition) is 0. The highest BCUT2D eigenvalue weighted by Gasteiger charge is 2.37. The zero-order chi connectivity index (χ0) is 16.1. The van der Waals surface area contributed by atoms with Crippen LogP contribution in [-0.4, -0.2) is 16.1 Å². The van der Waals surface area contributed by atoms with E-state index in [0.717, 1.165) is 15.6 Å². The minimum absolute atomic E-state index is 0.136. The molecule has 0 aliphatic heterocycles. The van der Waals surface area contributed by atoms with Crippen molar-refractivity contribution >= 4 is 50.4 Å². The zero-order valence-electron chi connectivity index (χ0n) is 11.1. The van der Waals surface area contributed by atoms with Crippen LogP contribution in [0, 0.1) is 10.6 Å². The van der Waals surface area contributed by atoms with Gasteiger partial charge in [-0.1, -0.05) is 12.1 Å². The molecule has 114 valence electrons. The molecule has 3 rings (SSSR count). The maximum Gasteiger partial charge on any atom is 0.419 e. The highest BCUT2D eigenvalue weighted by molar-refractivity contribution is 14.1. The number of benzene rings is 1. The van der Waals surface area contributed by atoms with E-state index < -0.39 is 17.3 Å². The second-order valence-electron chi connectivity index (χ2n) is 4.63. The summed E-state index contributed by atoms with van der Waals surface area (Å²) >= 11 is 3.47. The Bertz CT molecular complexity index is 882. The van der Waals surface area contributed by atoms with Gasteiger partial charge in [0.05, 0.1) is 21.5 Å². The molecule has 0 atom stereocenters. The van der Waals surface area contributed by atoms with E-state index in [1.807, 2.05) is 29.5 Å². The molecule has 1 aromatic carbocycles. The summed E-state index contributed by atoms with van der Waals surface area (Å²) in [6.07, 6.45) is -4.42. The fourth-order valence-electron chi connectivity index (χ4n) is 2.32. The van der Waals surface area contributed by atoms with Crippen LogP contribution in [0.2, 0.25) is 0 Å². The van der Waals surface area contributed by atoms with E-state index in [1.165, 1.54) is 28.2 Å². The number of thiophene rings is 1. The smallest absolute Gasteiger partial charge is 0.298 e. The maximum atomic E-state index is 13.4. The molecule has 3 nitrogen and oxygen atoms in total. The number of hydrogen-bond acceptors (Lipinski definition) is 3. The number of aryl methyl sites for hydroxylation is 1. The normalized spacial score (nSPS) is 12.0. The average Bonchev–Trinajstić information content (AvgIpc) is 2.96. The Morgan fingerprint density at radius 2 is 2.09 bits per heavy atom. The average molecular weight is 436 g/mol. The minimum atomic E-state index is -4.64. The Balaban J connectivity index is 2.38. The van der Waals surface area contributed by atoms with Crippen molar-refractivity contribution in [2.45, 2.75) is 13.1 Å². The van der Waals surface area contributed by atoms with Crippen LogP contribution < -0.4 is 0 Å². The van der Waals surface area contributed by atoms with Gasteiger partial charge in [0.1, 0.15) is 3.70 Å². The third kappa shape index (κ3) is 2.43. The van der Waals surface area contributed by atoms with E-state index in [1.54, 1.807) is 6.07 Å². The lowest BCUT2D eigenvalue weighted by Crippen LogP contribution is -2.14. The highest BCUT2D eigenvalue weighted by atomic mass is 127. The molecule has 0 saturated carbocycles. The molecule has 2 aromatic heterocycles. The van der Waals surface area contributed by atoms with Crippen LogP contribution in [0.3, 0.4) is 0 Å². The van der Waals surface area contributed by atoms with E-state index >= 15 is 0 Å². The molecular weight excluding hydrogens is 428 g/mol. The molecular formula is C14H8F3IN2OS. The van der Waals surface area contributed by atoms with Crippen LogP contribution in [0.4, 0.5) is 13.2 Å². The molecule has 22 heavy (non-hydrogen) atoms. The first-order valence-corrected chi connectivity index (χ1v) is 8.03. The van der Waals surface area contributed by atoms with Crippen LogP contribution in [0.15, 0.2) is 24.3 Å². The monoisotopic (exact) mass is 436 g/mol. The summed E-state index contributed by atoms with van der Waals surface area (Å²) in [4.78, 5) is 12.0. The molecule has 0 fully saturated rings. The zero-order valence-corrected chi connectivity index (χ0v) is 14.1. The molecule has 0 aliphatic carbocycles. The Morgan fingerprint density at radius 1 is 1.36 bits per heavy atom. The van der Waals surface area contributed by atoms with E-state index in [-0.39, 0.29) is 12.0 Å². The van der Waals surface area contributed by atoms with E-state index in [0.29, 0.717) is 9.22 Å². The molecule has 0 spiro atoms. The summed E-state index contributed by atoms with van der Waals surface area (Å²) in [5.74, 6) is 0. The molecule has 0 unspecified atom stereocenters. The number of aromatic nitrogens is 2. The molecule has 0 bridgehead atoms. The quantitative estimate of drug-likeness (QED) is 0.426. The predicted octanol–water partition coefficient (Wildman–Crippen LogP) is 4.83. The van der Waals surface area contributed by atoms with Gasteiger partial charge in [-0.2, -0.15) is 18.3 Å². The predicted molar refractivity (Wildman–Crippen MR) is 86.8 cm³/mol. The molecule has 0 radical (unpaired) electrons. The van der Waals surface area contributed by atoms with E-state index in [4.69, 9.17) is 0 Å². The SMILES string of the molecule is Cc1cc2c(s1)c(I)nn2-c1cccc(C=O)c1C(F)(F)F. The first-order valence-electron chi connectivity index (χ1n) is 6.13. The van der Waals surface area contributed by atoms with Gasteiger partial charge in [-0.05, 0) is 41.6 Å². The first kappa shape index (κ1) is 15.5. The van der Waals surface area contributed by atoms with Gasteiger partial charge in [-0.3, -0.25) is 4.79 Å². The number of nitrogens with zero attached hydrogens (tertiary/aromatic N) is 2. The topological polar surface area (TPSA) is 34.9 Å². The Labute approximate surface area is 140 Å². The summed E-state index contributed by atoms with van der Waals surface area (Å²) in [5.41, 5.74) is -0.881. The lowest BCUT2D eigenvalue weighted by Gasteiger charge is -2.15. The van der Waals surface area contributed by atoms with Crippen molar-refractivity contribution in [3.8, 4) is 5.69 Å². The van der Waals surface area contributed by atoms with Gasteiger partial charge >= 0.3 is 6.18 Å². The van der Waals surface area contributed by atoms with Crippen molar-refractivity contribution in [2.75, 3.05) is 0 Å². The Hall–Kier alpha value is -1.42. The fraction of sp³-hybridized carbons (Fsp3) is 0.143. The summed E-state index contributed by atoms with van der Waals surface area (Å²) in [7, 11) is 0. The Kier molecular flexibility index (Phi) is 3.76. The summed E-state index contributed by atoms with van der Waals surface area (Å²) in [6, 6.07) is 5.70. The molecule has 0 amide bonds. The third-order valence-electron chi connectivity index (χ3n) is 3.15. The lowest BCUT2D eigenvalue weighted by molar-refractivity contribution is -0.137. The molecule has 0 N–H and O–H groups in total. The Morgan fingerprint density at radius 3 is 2.73 bits per heavy atom. The van der Waals surface area contributed by atoms with Crippen LogP contribution in [0.1, 0.15) is 20.8 Å². The first-order chi connectivity index (χ1) is 10.3. The molecule has 3 aromatic rings. The highest BCUT2D eigenvalue weighted by Crippen LogP contribution is 2.38. The van der Waals surface area contributed by atoms with Gasteiger partial charge in [0.25, 0.3) is 0 Å². The lowest BCUT2D eigenvalue weighted by atomic mass is 10.1. The van der Waals surface area contributed by atoms with Crippen LogP contribution in [-0.2, 0) is 6.18 Å². The largest absolute Gasteiger partial charge is 0.419 e. The molecule has 0 saturated heterocycles. The van der Waals surface area contributed by atoms with E-state index in [9.17, 15) is 18.0 Å². The van der Waals surface area contributed by atoms with Crippen LogP contribution >= 0.6 is 33.9 Å². The number of alkyl halides is 3. The van der Waals surface area contributed by atoms with Gasteiger partial charge in [-0.15, -0.1) is 11.3 Å².